The van der Waals surface area contributed by atoms with Gasteiger partial charge in [-0.3, -0.25) is 4.79 Å². The summed E-state index contributed by atoms with van der Waals surface area (Å²) in [6.07, 6.45) is 6.93. The minimum Gasteiger partial charge on any atom is -0.481 e. The Morgan fingerprint density at radius 3 is 3.05 bits per heavy atom. The third-order valence-electron chi connectivity index (χ3n) is 2.77. The number of carboxylic acids is 1. The number of aliphatic carboxylic acids is 1. The van der Waals surface area contributed by atoms with E-state index in [0.717, 1.165) is 18.7 Å². The third kappa shape index (κ3) is 3.64. The zero-order chi connectivity index (χ0) is 13.7. The quantitative estimate of drug-likeness (QED) is 0.803. The van der Waals surface area contributed by atoms with Gasteiger partial charge in [-0.1, -0.05) is 12.1 Å². The van der Waals surface area contributed by atoms with Crippen LogP contribution in [0.15, 0.2) is 18.7 Å². The summed E-state index contributed by atoms with van der Waals surface area (Å²) in [7, 11) is 0. The highest BCUT2D eigenvalue weighted by molar-refractivity contribution is 5.66. The van der Waals surface area contributed by atoms with Gasteiger partial charge in [0.25, 0.3) is 0 Å². The van der Waals surface area contributed by atoms with Crippen molar-refractivity contribution in [2.75, 3.05) is 0 Å². The minimum atomic E-state index is -0.824. The summed E-state index contributed by atoms with van der Waals surface area (Å²) in [6, 6.07) is 0. The van der Waals surface area contributed by atoms with Crippen molar-refractivity contribution in [2.24, 2.45) is 0 Å². The number of hydrogen-bond donors (Lipinski definition) is 1. The smallest absolute Gasteiger partial charge is 0.303 e. The van der Waals surface area contributed by atoms with E-state index in [4.69, 9.17) is 5.11 Å². The highest BCUT2D eigenvalue weighted by Gasteiger charge is 2.06. The van der Waals surface area contributed by atoms with E-state index in [2.05, 4.69) is 26.8 Å². The topological polar surface area (TPSA) is 85.8 Å². The molecule has 0 bridgehead atoms. The Hall–Kier alpha value is -2.18. The molecule has 0 saturated carbocycles. The van der Waals surface area contributed by atoms with Crippen LogP contribution in [0.1, 0.15) is 31.2 Å². The van der Waals surface area contributed by atoms with E-state index >= 15 is 0 Å². The van der Waals surface area contributed by atoms with Gasteiger partial charge in [-0.15, -0.1) is 5.10 Å². The predicted octanol–water partition coefficient (Wildman–Crippen LogP) is 0.950. The molecule has 0 aromatic carbocycles. The number of carbonyl (C=O) groups is 1. The average Bonchev–Trinajstić information content (AvgIpc) is 2.98. The Balaban J connectivity index is 1.99. The SMILES string of the molecule is CCCn1cncc1Cn1cc(CCC(=O)O)nn1. The van der Waals surface area contributed by atoms with Crippen LogP contribution in [0.4, 0.5) is 0 Å². The lowest BCUT2D eigenvalue weighted by atomic mass is 10.2. The highest BCUT2D eigenvalue weighted by atomic mass is 16.4. The zero-order valence-electron chi connectivity index (χ0n) is 10.9. The van der Waals surface area contributed by atoms with Gasteiger partial charge in [0, 0.05) is 19.2 Å². The lowest BCUT2D eigenvalue weighted by molar-refractivity contribution is -0.136. The molecule has 7 heteroatoms. The number of aryl methyl sites for hydroxylation is 2. The van der Waals surface area contributed by atoms with Gasteiger partial charge in [-0.05, 0) is 6.42 Å². The maximum absolute atomic E-state index is 10.5. The van der Waals surface area contributed by atoms with E-state index < -0.39 is 5.97 Å². The number of hydrogen-bond acceptors (Lipinski definition) is 4. The molecule has 0 unspecified atom stereocenters. The van der Waals surface area contributed by atoms with Crippen molar-refractivity contribution in [3.63, 3.8) is 0 Å². The molecule has 0 atom stereocenters. The number of nitrogens with zero attached hydrogens (tertiary/aromatic N) is 5. The second-order valence-corrected chi connectivity index (χ2v) is 4.38. The molecule has 0 spiro atoms. The molecule has 0 amide bonds. The van der Waals surface area contributed by atoms with Crippen molar-refractivity contribution in [1.82, 2.24) is 24.5 Å². The summed E-state index contributed by atoms with van der Waals surface area (Å²) < 4.78 is 3.79. The first kappa shape index (κ1) is 13.3. The molecule has 2 aromatic heterocycles. The van der Waals surface area contributed by atoms with Gasteiger partial charge in [0.2, 0.25) is 0 Å². The Morgan fingerprint density at radius 2 is 2.32 bits per heavy atom. The van der Waals surface area contributed by atoms with Crippen molar-refractivity contribution < 1.29 is 9.90 Å². The summed E-state index contributed by atoms with van der Waals surface area (Å²) >= 11 is 0. The molecule has 19 heavy (non-hydrogen) atoms. The van der Waals surface area contributed by atoms with E-state index in [0.29, 0.717) is 18.7 Å². The third-order valence-corrected chi connectivity index (χ3v) is 2.77. The molecule has 0 aliphatic heterocycles. The zero-order valence-corrected chi connectivity index (χ0v) is 10.9. The van der Waals surface area contributed by atoms with E-state index in [9.17, 15) is 4.79 Å². The van der Waals surface area contributed by atoms with Crippen LogP contribution < -0.4 is 0 Å². The molecule has 2 aromatic rings. The van der Waals surface area contributed by atoms with Gasteiger partial charge in [0.05, 0.1) is 36.9 Å². The average molecular weight is 263 g/mol. The number of aromatic nitrogens is 5. The molecule has 0 aliphatic carbocycles. The predicted molar refractivity (Wildman–Crippen MR) is 67.6 cm³/mol. The maximum Gasteiger partial charge on any atom is 0.303 e. The first-order chi connectivity index (χ1) is 9.19. The fourth-order valence-corrected chi connectivity index (χ4v) is 1.85. The summed E-state index contributed by atoms with van der Waals surface area (Å²) in [6.45, 7) is 3.64. The lowest BCUT2D eigenvalue weighted by Gasteiger charge is -2.05. The largest absolute Gasteiger partial charge is 0.481 e. The van der Waals surface area contributed by atoms with Crippen LogP contribution in [-0.2, 0) is 24.3 Å². The van der Waals surface area contributed by atoms with E-state index in [1.54, 1.807) is 17.2 Å². The second-order valence-electron chi connectivity index (χ2n) is 4.38. The van der Waals surface area contributed by atoms with Crippen LogP contribution in [-0.4, -0.2) is 35.6 Å². The monoisotopic (exact) mass is 263 g/mol. The molecule has 2 rings (SSSR count). The molecule has 2 heterocycles. The van der Waals surface area contributed by atoms with Gasteiger partial charge < -0.3 is 9.67 Å². The van der Waals surface area contributed by atoms with Crippen LogP contribution in [0.5, 0.6) is 0 Å². The van der Waals surface area contributed by atoms with Crippen molar-refractivity contribution >= 4 is 5.97 Å². The van der Waals surface area contributed by atoms with Gasteiger partial charge in [-0.2, -0.15) is 0 Å². The van der Waals surface area contributed by atoms with Crippen LogP contribution in [0, 0.1) is 0 Å². The minimum absolute atomic E-state index is 0.0759. The van der Waals surface area contributed by atoms with Crippen LogP contribution >= 0.6 is 0 Å². The van der Waals surface area contributed by atoms with Crippen LogP contribution in [0.25, 0.3) is 0 Å². The summed E-state index contributed by atoms with van der Waals surface area (Å²) in [5, 5.41) is 16.6. The standard InChI is InChI=1S/C12H17N5O2/c1-2-5-16-9-13-6-11(16)8-17-7-10(14-15-17)3-4-12(18)19/h6-7,9H,2-5,8H2,1H3,(H,18,19). The summed E-state index contributed by atoms with van der Waals surface area (Å²) in [5.74, 6) is -0.824. The molecule has 0 aliphatic rings. The molecule has 7 nitrogen and oxygen atoms in total. The Bertz CT molecular complexity index is 546. The number of imidazole rings is 1. The Labute approximate surface area is 110 Å². The number of carboxylic acid groups (broad SMARTS) is 1. The van der Waals surface area contributed by atoms with Crippen molar-refractivity contribution in [3.8, 4) is 0 Å². The molecular weight excluding hydrogens is 246 g/mol. The van der Waals surface area contributed by atoms with Gasteiger partial charge in [0.15, 0.2) is 0 Å². The fourth-order valence-electron chi connectivity index (χ4n) is 1.85. The van der Waals surface area contributed by atoms with Crippen molar-refractivity contribution in [2.45, 2.75) is 39.3 Å². The first-order valence-corrected chi connectivity index (χ1v) is 6.29. The molecular formula is C12H17N5O2. The van der Waals surface area contributed by atoms with Crippen LogP contribution in [0.3, 0.4) is 0 Å². The number of rotatable bonds is 7. The van der Waals surface area contributed by atoms with Gasteiger partial charge >= 0.3 is 5.97 Å². The van der Waals surface area contributed by atoms with Gasteiger partial charge in [0.1, 0.15) is 0 Å². The van der Waals surface area contributed by atoms with E-state index in [1.807, 2.05) is 6.20 Å². The summed E-state index contributed by atoms with van der Waals surface area (Å²) in [4.78, 5) is 14.6. The Morgan fingerprint density at radius 1 is 1.47 bits per heavy atom. The molecule has 0 saturated heterocycles. The maximum atomic E-state index is 10.5. The summed E-state index contributed by atoms with van der Waals surface area (Å²) in [5.41, 5.74) is 1.76. The highest BCUT2D eigenvalue weighted by Crippen LogP contribution is 2.05. The Kier molecular flexibility index (Phi) is 4.27. The molecule has 0 radical (unpaired) electrons. The fraction of sp³-hybridized carbons (Fsp3) is 0.500. The second kappa shape index (κ2) is 6.12. The van der Waals surface area contributed by atoms with E-state index in [-0.39, 0.29) is 6.42 Å². The van der Waals surface area contributed by atoms with Gasteiger partial charge in [-0.25, -0.2) is 9.67 Å². The first-order valence-electron chi connectivity index (χ1n) is 6.29. The molecule has 1 N–H and O–H groups in total. The normalized spacial score (nSPS) is 10.8. The lowest BCUT2D eigenvalue weighted by Crippen LogP contribution is -2.07. The molecule has 0 fully saturated rings. The van der Waals surface area contributed by atoms with E-state index in [1.165, 1.54) is 0 Å². The van der Waals surface area contributed by atoms with Crippen molar-refractivity contribution in [1.29, 1.82) is 0 Å². The van der Waals surface area contributed by atoms with Crippen molar-refractivity contribution in [3.05, 3.63) is 30.1 Å². The molecule has 102 valence electrons. The van der Waals surface area contributed by atoms with Crippen LogP contribution in [0.2, 0.25) is 0 Å².